The van der Waals surface area contributed by atoms with Crippen LogP contribution in [0.4, 0.5) is 4.79 Å². The quantitative estimate of drug-likeness (QED) is 0.907. The second-order valence-corrected chi connectivity index (χ2v) is 6.82. The minimum absolute atomic E-state index is 0.233. The highest BCUT2D eigenvalue weighted by Gasteiger charge is 2.37. The first-order chi connectivity index (χ1) is 8.90. The smallest absolute Gasteiger partial charge is 0.410 e. The third-order valence-corrected chi connectivity index (χ3v) is 4.07. The summed E-state index contributed by atoms with van der Waals surface area (Å²) in [4.78, 5) is 13.9. The summed E-state index contributed by atoms with van der Waals surface area (Å²) in [6.07, 6.45) is -0.233. The van der Waals surface area contributed by atoms with E-state index >= 15 is 0 Å². The van der Waals surface area contributed by atoms with Crippen LogP contribution < -0.4 is 5.73 Å². The van der Waals surface area contributed by atoms with Gasteiger partial charge in [-0.1, -0.05) is 0 Å². The summed E-state index contributed by atoms with van der Waals surface area (Å²) >= 11 is 1.68. The second-order valence-electron chi connectivity index (χ2n) is 6.04. The molecule has 0 spiro atoms. The molecule has 4 nitrogen and oxygen atoms in total. The topological polar surface area (TPSA) is 55.6 Å². The van der Waals surface area contributed by atoms with Crippen molar-refractivity contribution in [3.8, 4) is 0 Å². The Labute approximate surface area is 118 Å². The monoisotopic (exact) mass is 282 g/mol. The van der Waals surface area contributed by atoms with Crippen molar-refractivity contribution in [3.05, 3.63) is 22.4 Å². The van der Waals surface area contributed by atoms with Crippen molar-refractivity contribution in [2.24, 2.45) is 11.7 Å². The zero-order valence-electron chi connectivity index (χ0n) is 11.8. The lowest BCUT2D eigenvalue weighted by Crippen LogP contribution is -2.35. The molecule has 0 saturated carbocycles. The molecule has 2 N–H and O–H groups in total. The summed E-state index contributed by atoms with van der Waals surface area (Å²) in [5, 5.41) is 4.21. The average Bonchev–Trinajstić information content (AvgIpc) is 2.95. The molecule has 1 aliphatic heterocycles. The molecule has 2 unspecified atom stereocenters. The van der Waals surface area contributed by atoms with Gasteiger partial charge in [0.2, 0.25) is 0 Å². The predicted octanol–water partition coefficient (Wildman–Crippen LogP) is 2.66. The Kier molecular flexibility index (Phi) is 4.16. The van der Waals surface area contributed by atoms with Gasteiger partial charge in [-0.3, -0.25) is 0 Å². The van der Waals surface area contributed by atoms with E-state index in [2.05, 4.69) is 16.8 Å². The summed E-state index contributed by atoms with van der Waals surface area (Å²) in [6, 6.07) is 2.12. The van der Waals surface area contributed by atoms with Crippen LogP contribution in [0.5, 0.6) is 0 Å². The van der Waals surface area contributed by atoms with Gasteiger partial charge < -0.3 is 15.4 Å². The minimum atomic E-state index is -0.449. The van der Waals surface area contributed by atoms with Gasteiger partial charge in [0.1, 0.15) is 5.60 Å². The molecule has 19 heavy (non-hydrogen) atoms. The maximum absolute atomic E-state index is 12.1. The van der Waals surface area contributed by atoms with E-state index in [1.54, 1.807) is 16.2 Å². The van der Waals surface area contributed by atoms with Crippen LogP contribution in [0.1, 0.15) is 32.3 Å². The van der Waals surface area contributed by atoms with Crippen LogP contribution in [-0.2, 0) is 4.74 Å². The van der Waals surface area contributed by atoms with Gasteiger partial charge in [0.15, 0.2) is 0 Å². The van der Waals surface area contributed by atoms with Crippen LogP contribution >= 0.6 is 11.3 Å². The van der Waals surface area contributed by atoms with Gasteiger partial charge in [0.25, 0.3) is 0 Å². The third-order valence-electron chi connectivity index (χ3n) is 3.37. The number of nitrogens with two attached hydrogens (primary N) is 1. The molecule has 1 fully saturated rings. The Morgan fingerprint density at radius 3 is 2.79 bits per heavy atom. The number of nitrogens with zero attached hydrogens (tertiary/aromatic N) is 1. The number of hydrogen-bond acceptors (Lipinski definition) is 4. The standard InChI is InChI=1S/C14H22N2O2S/c1-14(2,3)18-13(17)16-7-11(6-15)12(8-16)10-4-5-19-9-10/h4-5,9,11-12H,6-8,15H2,1-3H3. The van der Waals surface area contributed by atoms with E-state index in [-0.39, 0.29) is 6.09 Å². The Bertz CT molecular complexity index is 425. The first-order valence-corrected chi connectivity index (χ1v) is 7.55. The van der Waals surface area contributed by atoms with Crippen molar-refractivity contribution in [2.75, 3.05) is 19.6 Å². The van der Waals surface area contributed by atoms with Crippen LogP contribution in [-0.4, -0.2) is 36.2 Å². The fourth-order valence-corrected chi connectivity index (χ4v) is 3.17. The maximum Gasteiger partial charge on any atom is 0.410 e. The summed E-state index contributed by atoms with van der Waals surface area (Å²) in [7, 11) is 0. The number of hydrogen-bond donors (Lipinski definition) is 1. The third kappa shape index (κ3) is 3.48. The van der Waals surface area contributed by atoms with Crippen LogP contribution in [0.3, 0.4) is 0 Å². The van der Waals surface area contributed by atoms with Crippen molar-refractivity contribution in [1.29, 1.82) is 0 Å². The summed E-state index contributed by atoms with van der Waals surface area (Å²) in [6.45, 7) is 7.65. The van der Waals surface area contributed by atoms with E-state index in [0.717, 1.165) is 0 Å². The normalized spacial score (nSPS) is 23.7. The molecule has 0 aromatic carbocycles. The molecule has 0 radical (unpaired) electrons. The van der Waals surface area contributed by atoms with Crippen molar-refractivity contribution in [2.45, 2.75) is 32.3 Å². The molecule has 0 aliphatic carbocycles. The van der Waals surface area contributed by atoms with Crippen molar-refractivity contribution in [1.82, 2.24) is 4.90 Å². The molecule has 5 heteroatoms. The second kappa shape index (κ2) is 5.51. The number of rotatable bonds is 2. The first kappa shape index (κ1) is 14.3. The number of carbonyl (C=O) groups is 1. The fourth-order valence-electron chi connectivity index (χ4n) is 2.45. The number of ether oxygens (including phenoxy) is 1. The lowest BCUT2D eigenvalue weighted by molar-refractivity contribution is 0.0287. The summed E-state index contributed by atoms with van der Waals surface area (Å²) in [5.41, 5.74) is 6.68. The molecule has 2 rings (SSSR count). The number of likely N-dealkylation sites (tertiary alicyclic amines) is 1. The number of thiophene rings is 1. The van der Waals surface area contributed by atoms with E-state index < -0.39 is 5.60 Å². The summed E-state index contributed by atoms with van der Waals surface area (Å²) in [5.74, 6) is 0.658. The van der Waals surface area contributed by atoms with Crippen LogP contribution in [0, 0.1) is 5.92 Å². The molecule has 0 bridgehead atoms. The maximum atomic E-state index is 12.1. The van der Waals surface area contributed by atoms with Crippen molar-refractivity contribution >= 4 is 17.4 Å². The van der Waals surface area contributed by atoms with Crippen LogP contribution in [0.25, 0.3) is 0 Å². The molecule has 2 atom stereocenters. The Balaban J connectivity index is 2.05. The molecule has 2 heterocycles. The number of amides is 1. The SMILES string of the molecule is CC(C)(C)OC(=O)N1CC(CN)C(c2ccsc2)C1. The zero-order chi connectivity index (χ0) is 14.0. The molecule has 1 aromatic rings. The predicted molar refractivity (Wildman–Crippen MR) is 77.4 cm³/mol. The molecule has 106 valence electrons. The largest absolute Gasteiger partial charge is 0.444 e. The Hall–Kier alpha value is -1.07. The van der Waals surface area contributed by atoms with Crippen LogP contribution in [0.15, 0.2) is 16.8 Å². The van der Waals surface area contributed by atoms with Gasteiger partial charge in [-0.05, 0) is 55.6 Å². The average molecular weight is 282 g/mol. The van der Waals surface area contributed by atoms with Gasteiger partial charge in [-0.15, -0.1) is 0 Å². The molecule has 1 aliphatic rings. The highest BCUT2D eigenvalue weighted by atomic mass is 32.1. The van der Waals surface area contributed by atoms with Gasteiger partial charge in [-0.2, -0.15) is 11.3 Å². The van der Waals surface area contributed by atoms with Crippen LogP contribution in [0.2, 0.25) is 0 Å². The number of carbonyl (C=O) groups excluding carboxylic acids is 1. The minimum Gasteiger partial charge on any atom is -0.444 e. The van der Waals surface area contributed by atoms with Gasteiger partial charge in [0.05, 0.1) is 0 Å². The lowest BCUT2D eigenvalue weighted by Gasteiger charge is -2.24. The Morgan fingerprint density at radius 1 is 1.53 bits per heavy atom. The first-order valence-electron chi connectivity index (χ1n) is 6.61. The molecular formula is C14H22N2O2S. The summed E-state index contributed by atoms with van der Waals surface area (Å²) < 4.78 is 5.43. The molecule has 1 amide bonds. The van der Waals surface area contributed by atoms with Crippen molar-refractivity contribution in [3.63, 3.8) is 0 Å². The molecular weight excluding hydrogens is 260 g/mol. The highest BCUT2D eigenvalue weighted by Crippen LogP contribution is 2.33. The van der Waals surface area contributed by atoms with E-state index in [9.17, 15) is 4.79 Å². The molecule has 1 aromatic heterocycles. The van der Waals surface area contributed by atoms with E-state index in [4.69, 9.17) is 10.5 Å². The zero-order valence-corrected chi connectivity index (χ0v) is 12.6. The van der Waals surface area contributed by atoms with E-state index in [1.165, 1.54) is 5.56 Å². The van der Waals surface area contributed by atoms with E-state index in [1.807, 2.05) is 20.8 Å². The van der Waals surface area contributed by atoms with Gasteiger partial charge >= 0.3 is 6.09 Å². The highest BCUT2D eigenvalue weighted by molar-refractivity contribution is 7.07. The van der Waals surface area contributed by atoms with E-state index in [0.29, 0.717) is 31.5 Å². The van der Waals surface area contributed by atoms with Gasteiger partial charge in [0, 0.05) is 19.0 Å². The van der Waals surface area contributed by atoms with Crippen molar-refractivity contribution < 1.29 is 9.53 Å². The Morgan fingerprint density at radius 2 is 2.26 bits per heavy atom. The van der Waals surface area contributed by atoms with Gasteiger partial charge in [-0.25, -0.2) is 4.79 Å². The fraction of sp³-hybridized carbons (Fsp3) is 0.643. The lowest BCUT2D eigenvalue weighted by atomic mass is 9.91. The molecule has 1 saturated heterocycles.